The second-order valence-electron chi connectivity index (χ2n) is 6.06. The Hall–Kier alpha value is -2.34. The molecule has 0 saturated carbocycles. The van der Waals surface area contributed by atoms with E-state index in [1.54, 1.807) is 0 Å². The molecule has 0 N–H and O–H groups in total. The van der Waals surface area contributed by atoms with Crippen molar-refractivity contribution in [1.82, 2.24) is 14.3 Å². The van der Waals surface area contributed by atoms with Gasteiger partial charge in [0, 0.05) is 38.4 Å². The first-order valence-electron chi connectivity index (χ1n) is 8.19. The number of benzene rings is 1. The van der Waals surface area contributed by atoms with Gasteiger partial charge in [0.1, 0.15) is 22.2 Å². The Labute approximate surface area is 157 Å². The van der Waals surface area contributed by atoms with Crippen LogP contribution in [0.4, 0.5) is 27.9 Å². The van der Waals surface area contributed by atoms with Gasteiger partial charge in [0.25, 0.3) is 0 Å². The molecule has 0 spiro atoms. The summed E-state index contributed by atoms with van der Waals surface area (Å²) in [6.45, 7) is 0.149. The zero-order chi connectivity index (χ0) is 20.5. The molecule has 12 heteroatoms. The molecule has 0 radical (unpaired) electrons. The largest absolute Gasteiger partial charge is 0.433 e. The number of alkyl halides is 3. The summed E-state index contributed by atoms with van der Waals surface area (Å²) >= 11 is 0. The molecule has 1 aliphatic rings. The van der Waals surface area contributed by atoms with E-state index in [9.17, 15) is 30.4 Å². The summed E-state index contributed by atoms with van der Waals surface area (Å²) in [4.78, 5) is 8.11. The van der Waals surface area contributed by atoms with Crippen LogP contribution in [0, 0.1) is 11.6 Å². The minimum Gasteiger partial charge on any atom is -0.339 e. The van der Waals surface area contributed by atoms with Crippen molar-refractivity contribution in [2.75, 3.05) is 31.1 Å². The van der Waals surface area contributed by atoms with Gasteiger partial charge in [-0.3, -0.25) is 0 Å². The molecule has 152 valence electrons. The third-order valence-electron chi connectivity index (χ3n) is 4.18. The fraction of sp³-hybridized carbons (Fsp3) is 0.375. The first kappa shape index (κ1) is 20.4. The van der Waals surface area contributed by atoms with Gasteiger partial charge in [-0.15, -0.1) is 0 Å². The predicted octanol–water partition coefficient (Wildman–Crippen LogP) is 2.67. The number of rotatable bonds is 3. The summed E-state index contributed by atoms with van der Waals surface area (Å²) in [5, 5.41) is 0. The van der Waals surface area contributed by atoms with Gasteiger partial charge >= 0.3 is 6.18 Å². The van der Waals surface area contributed by atoms with Gasteiger partial charge in [-0.05, 0) is 24.6 Å². The molecular formula is C16H15F5N4O2S. The third kappa shape index (κ3) is 4.22. The zero-order valence-corrected chi connectivity index (χ0v) is 15.1. The Balaban J connectivity index is 1.80. The number of sulfonamides is 1. The number of aromatic nitrogens is 2. The second-order valence-corrected chi connectivity index (χ2v) is 7.97. The second kappa shape index (κ2) is 7.59. The molecule has 28 heavy (non-hydrogen) atoms. The molecule has 0 atom stereocenters. The first-order chi connectivity index (χ1) is 13.1. The van der Waals surface area contributed by atoms with Crippen LogP contribution in [0.25, 0.3) is 0 Å². The molecule has 0 bridgehead atoms. The van der Waals surface area contributed by atoms with Crippen LogP contribution in [0.3, 0.4) is 0 Å². The van der Waals surface area contributed by atoms with Crippen molar-refractivity contribution < 1.29 is 30.4 Å². The van der Waals surface area contributed by atoms with Crippen LogP contribution in [0.1, 0.15) is 12.1 Å². The molecule has 1 aromatic heterocycles. The first-order valence-corrected chi connectivity index (χ1v) is 9.63. The predicted molar refractivity (Wildman–Crippen MR) is 89.0 cm³/mol. The standard InChI is InChI=1S/C16H15F5N4O2S/c17-11-2-3-13(12(18)10-11)28(26,27)25-7-1-6-24(8-9-25)15-22-5-4-14(23-15)16(19,20)21/h2-5,10H,1,6-9H2. The van der Waals surface area contributed by atoms with Crippen LogP contribution in [0.15, 0.2) is 35.4 Å². The lowest BCUT2D eigenvalue weighted by atomic mass is 10.3. The van der Waals surface area contributed by atoms with E-state index in [0.717, 1.165) is 28.7 Å². The SMILES string of the molecule is O=S(=O)(c1ccc(F)cc1F)N1CCCN(c2nccc(C(F)(F)F)n2)CC1. The normalized spacial score (nSPS) is 16.8. The van der Waals surface area contributed by atoms with E-state index in [1.165, 1.54) is 4.90 Å². The van der Waals surface area contributed by atoms with Gasteiger partial charge in [-0.1, -0.05) is 0 Å². The molecule has 2 heterocycles. The highest BCUT2D eigenvalue weighted by atomic mass is 32.2. The van der Waals surface area contributed by atoms with Crippen molar-refractivity contribution in [2.24, 2.45) is 0 Å². The van der Waals surface area contributed by atoms with Crippen LogP contribution in [0.2, 0.25) is 0 Å². The van der Waals surface area contributed by atoms with E-state index in [-0.39, 0.29) is 38.5 Å². The molecule has 3 rings (SSSR count). The van der Waals surface area contributed by atoms with Gasteiger partial charge in [0.15, 0.2) is 0 Å². The summed E-state index contributed by atoms with van der Waals surface area (Å²) in [6.07, 6.45) is -3.38. The Bertz CT molecular complexity index is 968. The zero-order valence-electron chi connectivity index (χ0n) is 14.3. The lowest BCUT2D eigenvalue weighted by molar-refractivity contribution is -0.141. The highest BCUT2D eigenvalue weighted by molar-refractivity contribution is 7.89. The van der Waals surface area contributed by atoms with E-state index < -0.39 is 38.4 Å². The van der Waals surface area contributed by atoms with E-state index in [0.29, 0.717) is 6.07 Å². The van der Waals surface area contributed by atoms with E-state index in [1.807, 2.05) is 0 Å². The monoisotopic (exact) mass is 422 g/mol. The highest BCUT2D eigenvalue weighted by Gasteiger charge is 2.34. The smallest absolute Gasteiger partial charge is 0.339 e. The molecule has 0 unspecified atom stereocenters. The van der Waals surface area contributed by atoms with Gasteiger partial charge in [0.2, 0.25) is 16.0 Å². The van der Waals surface area contributed by atoms with E-state index in [2.05, 4.69) is 9.97 Å². The molecular weight excluding hydrogens is 407 g/mol. The van der Waals surface area contributed by atoms with Crippen molar-refractivity contribution in [3.8, 4) is 0 Å². The lowest BCUT2D eigenvalue weighted by Crippen LogP contribution is -2.36. The Morgan fingerprint density at radius 1 is 1.00 bits per heavy atom. The lowest BCUT2D eigenvalue weighted by Gasteiger charge is -2.22. The summed E-state index contributed by atoms with van der Waals surface area (Å²) in [5.74, 6) is -2.27. The maximum Gasteiger partial charge on any atom is 0.433 e. The average molecular weight is 422 g/mol. The Morgan fingerprint density at radius 3 is 2.43 bits per heavy atom. The summed E-state index contributed by atoms with van der Waals surface area (Å²) in [7, 11) is -4.23. The maximum absolute atomic E-state index is 13.9. The van der Waals surface area contributed by atoms with Gasteiger partial charge < -0.3 is 4.90 Å². The number of hydrogen-bond donors (Lipinski definition) is 0. The molecule has 0 amide bonds. The quantitative estimate of drug-likeness (QED) is 0.712. The van der Waals surface area contributed by atoms with Crippen molar-refractivity contribution in [2.45, 2.75) is 17.5 Å². The summed E-state index contributed by atoms with van der Waals surface area (Å²) in [5.41, 5.74) is -1.10. The van der Waals surface area contributed by atoms with Crippen LogP contribution >= 0.6 is 0 Å². The van der Waals surface area contributed by atoms with Gasteiger partial charge in [-0.25, -0.2) is 27.2 Å². The van der Waals surface area contributed by atoms with Crippen molar-refractivity contribution in [3.05, 3.63) is 47.8 Å². The van der Waals surface area contributed by atoms with Gasteiger partial charge in [-0.2, -0.15) is 17.5 Å². The fourth-order valence-electron chi connectivity index (χ4n) is 2.82. The minimum atomic E-state index is -4.63. The van der Waals surface area contributed by atoms with Crippen LogP contribution in [-0.2, 0) is 16.2 Å². The number of hydrogen-bond acceptors (Lipinski definition) is 5. The van der Waals surface area contributed by atoms with Crippen LogP contribution < -0.4 is 4.90 Å². The molecule has 0 aliphatic carbocycles. The van der Waals surface area contributed by atoms with Crippen LogP contribution in [-0.4, -0.2) is 48.9 Å². The van der Waals surface area contributed by atoms with Gasteiger partial charge in [0.05, 0.1) is 0 Å². The summed E-state index contributed by atoms with van der Waals surface area (Å²) < 4.78 is 91.8. The fourth-order valence-corrected chi connectivity index (χ4v) is 4.33. The van der Waals surface area contributed by atoms with Crippen molar-refractivity contribution in [1.29, 1.82) is 0 Å². The minimum absolute atomic E-state index is 0.0172. The number of anilines is 1. The topological polar surface area (TPSA) is 66.4 Å². The summed E-state index contributed by atoms with van der Waals surface area (Å²) in [6, 6.07) is 2.91. The molecule has 2 aromatic rings. The highest BCUT2D eigenvalue weighted by Crippen LogP contribution is 2.28. The molecule has 1 saturated heterocycles. The van der Waals surface area contributed by atoms with E-state index in [4.69, 9.17) is 0 Å². The maximum atomic E-state index is 13.9. The third-order valence-corrected chi connectivity index (χ3v) is 6.11. The number of nitrogens with zero attached hydrogens (tertiary/aromatic N) is 4. The average Bonchev–Trinajstić information content (AvgIpc) is 2.87. The molecule has 1 fully saturated rings. The van der Waals surface area contributed by atoms with Crippen molar-refractivity contribution in [3.63, 3.8) is 0 Å². The van der Waals surface area contributed by atoms with Crippen molar-refractivity contribution >= 4 is 16.0 Å². The Morgan fingerprint density at radius 2 is 1.75 bits per heavy atom. The van der Waals surface area contributed by atoms with E-state index >= 15 is 0 Å². The molecule has 6 nitrogen and oxygen atoms in total. The molecule has 1 aromatic carbocycles. The number of halogens is 5. The molecule has 1 aliphatic heterocycles. The van der Waals surface area contributed by atoms with Crippen LogP contribution in [0.5, 0.6) is 0 Å². The Kier molecular flexibility index (Phi) is 5.53.